The molecule has 30 heavy (non-hydrogen) atoms. The van der Waals surface area contributed by atoms with E-state index in [4.69, 9.17) is 0 Å². The van der Waals surface area contributed by atoms with Gasteiger partial charge in [-0.25, -0.2) is 13.1 Å². The number of nitrogens with zero attached hydrogens (tertiary/aromatic N) is 2. The minimum atomic E-state index is -3.40. The fraction of sp³-hybridized carbons (Fsp3) is 0.261. The number of hydrogen-bond donors (Lipinski definition) is 2. The predicted octanol–water partition coefficient (Wildman–Crippen LogP) is 4.88. The van der Waals surface area contributed by atoms with E-state index in [1.54, 1.807) is 13.1 Å². The second-order valence-corrected chi connectivity index (χ2v) is 10.4. The second kappa shape index (κ2) is 6.74. The van der Waals surface area contributed by atoms with Crippen LogP contribution in [0.3, 0.4) is 0 Å². The van der Waals surface area contributed by atoms with Crippen LogP contribution < -0.4 is 4.72 Å². The molecule has 0 bridgehead atoms. The number of benzene rings is 2. The van der Waals surface area contributed by atoms with Crippen molar-refractivity contribution in [1.82, 2.24) is 14.8 Å². The molecule has 0 saturated heterocycles. The zero-order valence-electron chi connectivity index (χ0n) is 17.0. The standard InChI is InChI=1S/C23H24N4O2S/c1-3-16-4-7-19(8-5-16)27-15-18(13-25-27)17-6-9-21-20(12-17)22(14-24-21)26-30(28,29)23(2)10-11-23/h4-9,12-15,24,26H,3,10-11H2,1-2H3. The molecule has 0 atom stereocenters. The van der Waals surface area contributed by atoms with Gasteiger partial charge in [0.1, 0.15) is 0 Å². The molecule has 1 aliphatic rings. The van der Waals surface area contributed by atoms with Crippen LogP contribution in [0.4, 0.5) is 5.69 Å². The fourth-order valence-corrected chi connectivity index (χ4v) is 4.94. The van der Waals surface area contributed by atoms with E-state index < -0.39 is 14.8 Å². The van der Waals surface area contributed by atoms with Crippen molar-refractivity contribution in [3.05, 3.63) is 66.6 Å². The van der Waals surface area contributed by atoms with Crippen molar-refractivity contribution in [2.45, 2.75) is 37.9 Å². The van der Waals surface area contributed by atoms with Gasteiger partial charge < -0.3 is 4.98 Å². The van der Waals surface area contributed by atoms with Crippen molar-refractivity contribution >= 4 is 26.6 Å². The van der Waals surface area contributed by atoms with Gasteiger partial charge in [0.25, 0.3) is 0 Å². The van der Waals surface area contributed by atoms with Gasteiger partial charge in [-0.1, -0.05) is 25.1 Å². The average Bonchev–Trinajstić information content (AvgIpc) is 3.17. The first-order valence-corrected chi connectivity index (χ1v) is 11.6. The summed E-state index contributed by atoms with van der Waals surface area (Å²) < 4.78 is 29.3. The largest absolute Gasteiger partial charge is 0.359 e. The van der Waals surface area contributed by atoms with Crippen molar-refractivity contribution in [2.24, 2.45) is 0 Å². The zero-order valence-corrected chi connectivity index (χ0v) is 17.8. The molecule has 2 aromatic carbocycles. The number of nitrogens with one attached hydrogen (secondary N) is 2. The van der Waals surface area contributed by atoms with E-state index in [0.29, 0.717) is 18.5 Å². The number of rotatable bonds is 6. The van der Waals surface area contributed by atoms with E-state index >= 15 is 0 Å². The molecule has 1 saturated carbocycles. The van der Waals surface area contributed by atoms with Crippen LogP contribution in [-0.2, 0) is 16.4 Å². The van der Waals surface area contributed by atoms with Gasteiger partial charge in [0.2, 0.25) is 10.0 Å². The topological polar surface area (TPSA) is 79.8 Å². The molecule has 5 rings (SSSR count). The van der Waals surface area contributed by atoms with Crippen molar-refractivity contribution in [2.75, 3.05) is 4.72 Å². The molecule has 2 aromatic heterocycles. The molecular weight excluding hydrogens is 396 g/mol. The summed E-state index contributed by atoms with van der Waals surface area (Å²) in [6.45, 7) is 3.93. The van der Waals surface area contributed by atoms with Gasteiger partial charge in [0.05, 0.1) is 22.3 Å². The van der Waals surface area contributed by atoms with Gasteiger partial charge in [0, 0.05) is 28.9 Å². The molecule has 2 heterocycles. The molecule has 0 spiro atoms. The third kappa shape index (κ3) is 3.19. The minimum absolute atomic E-state index is 0.586. The highest BCUT2D eigenvalue weighted by atomic mass is 32.2. The van der Waals surface area contributed by atoms with E-state index in [-0.39, 0.29) is 0 Å². The summed E-state index contributed by atoms with van der Waals surface area (Å²) in [4.78, 5) is 3.16. The Morgan fingerprint density at radius 2 is 1.90 bits per heavy atom. The molecule has 0 unspecified atom stereocenters. The molecule has 6 nitrogen and oxygen atoms in total. The summed E-state index contributed by atoms with van der Waals surface area (Å²) in [7, 11) is -3.40. The van der Waals surface area contributed by atoms with Crippen LogP contribution in [0.2, 0.25) is 0 Å². The fourth-order valence-electron chi connectivity index (χ4n) is 3.59. The smallest absolute Gasteiger partial charge is 0.238 e. The minimum Gasteiger partial charge on any atom is -0.359 e. The second-order valence-electron chi connectivity index (χ2n) is 8.21. The quantitative estimate of drug-likeness (QED) is 0.467. The Morgan fingerprint density at radius 1 is 1.13 bits per heavy atom. The first-order chi connectivity index (χ1) is 14.4. The summed E-state index contributed by atoms with van der Waals surface area (Å²) in [5.74, 6) is 0. The molecule has 1 fully saturated rings. The summed E-state index contributed by atoms with van der Waals surface area (Å²) in [5, 5.41) is 5.35. The summed E-state index contributed by atoms with van der Waals surface area (Å²) in [5.41, 5.74) is 5.73. The molecule has 0 aliphatic heterocycles. The number of fused-ring (bicyclic) bond motifs is 1. The van der Waals surface area contributed by atoms with Gasteiger partial charge in [-0.15, -0.1) is 0 Å². The maximum absolute atomic E-state index is 12.6. The molecule has 0 amide bonds. The lowest BCUT2D eigenvalue weighted by Crippen LogP contribution is -2.26. The highest BCUT2D eigenvalue weighted by Gasteiger charge is 2.50. The lowest BCUT2D eigenvalue weighted by Gasteiger charge is -2.12. The van der Waals surface area contributed by atoms with Gasteiger partial charge in [-0.05, 0) is 61.6 Å². The molecule has 0 radical (unpaired) electrons. The molecule has 7 heteroatoms. The summed E-state index contributed by atoms with van der Waals surface area (Å²) >= 11 is 0. The molecule has 4 aromatic rings. The molecule has 1 aliphatic carbocycles. The van der Waals surface area contributed by atoms with Gasteiger partial charge in [-0.3, -0.25) is 4.72 Å². The number of anilines is 1. The average molecular weight is 421 g/mol. The third-order valence-electron chi connectivity index (χ3n) is 6.05. The Morgan fingerprint density at radius 3 is 2.60 bits per heavy atom. The first-order valence-electron chi connectivity index (χ1n) is 10.2. The maximum Gasteiger partial charge on any atom is 0.238 e. The monoisotopic (exact) mass is 420 g/mol. The van der Waals surface area contributed by atoms with Crippen LogP contribution in [-0.4, -0.2) is 27.9 Å². The van der Waals surface area contributed by atoms with Gasteiger partial charge in [-0.2, -0.15) is 5.10 Å². The molecular formula is C23H24N4O2S. The Labute approximate surface area is 176 Å². The maximum atomic E-state index is 12.6. The number of hydrogen-bond acceptors (Lipinski definition) is 3. The molecule has 154 valence electrons. The molecule has 2 N–H and O–H groups in total. The Bertz CT molecular complexity index is 1330. The van der Waals surface area contributed by atoms with Crippen LogP contribution >= 0.6 is 0 Å². The Kier molecular flexibility index (Phi) is 4.25. The van der Waals surface area contributed by atoms with E-state index in [0.717, 1.165) is 34.1 Å². The van der Waals surface area contributed by atoms with E-state index in [2.05, 4.69) is 46.0 Å². The normalized spacial score (nSPS) is 15.4. The highest BCUT2D eigenvalue weighted by molar-refractivity contribution is 7.94. The predicted molar refractivity (Wildman–Crippen MR) is 120 cm³/mol. The third-order valence-corrected chi connectivity index (χ3v) is 8.25. The van der Waals surface area contributed by atoms with Gasteiger partial charge in [0.15, 0.2) is 0 Å². The summed E-state index contributed by atoms with van der Waals surface area (Å²) in [6.07, 6.45) is 7.95. The van der Waals surface area contributed by atoms with Crippen LogP contribution in [0.5, 0.6) is 0 Å². The number of aromatic nitrogens is 3. The first kappa shape index (κ1) is 18.9. The van der Waals surface area contributed by atoms with E-state index in [1.807, 2.05) is 35.3 Å². The van der Waals surface area contributed by atoms with Crippen molar-refractivity contribution in [3.8, 4) is 16.8 Å². The highest BCUT2D eigenvalue weighted by Crippen LogP contribution is 2.44. The zero-order chi connectivity index (χ0) is 20.9. The number of H-pyrrole nitrogens is 1. The Hall–Kier alpha value is -3.06. The lowest BCUT2D eigenvalue weighted by molar-refractivity contribution is 0.587. The summed E-state index contributed by atoms with van der Waals surface area (Å²) in [6, 6.07) is 14.3. The van der Waals surface area contributed by atoms with Crippen LogP contribution in [0, 0.1) is 0 Å². The van der Waals surface area contributed by atoms with E-state index in [1.165, 1.54) is 5.56 Å². The van der Waals surface area contributed by atoms with Crippen LogP contribution in [0.1, 0.15) is 32.3 Å². The number of sulfonamides is 1. The Balaban J connectivity index is 1.47. The van der Waals surface area contributed by atoms with E-state index in [9.17, 15) is 8.42 Å². The van der Waals surface area contributed by atoms with Crippen molar-refractivity contribution in [3.63, 3.8) is 0 Å². The lowest BCUT2D eigenvalue weighted by atomic mass is 10.1. The number of aryl methyl sites for hydroxylation is 1. The SMILES string of the molecule is CCc1ccc(-n2cc(-c3ccc4[nH]cc(NS(=O)(=O)C5(C)CC5)c4c3)cn2)cc1. The van der Waals surface area contributed by atoms with Gasteiger partial charge >= 0.3 is 0 Å². The van der Waals surface area contributed by atoms with Crippen molar-refractivity contribution in [1.29, 1.82) is 0 Å². The number of aromatic amines is 1. The van der Waals surface area contributed by atoms with Crippen molar-refractivity contribution < 1.29 is 8.42 Å². The van der Waals surface area contributed by atoms with Crippen LogP contribution in [0.25, 0.3) is 27.7 Å². The van der Waals surface area contributed by atoms with Crippen LogP contribution in [0.15, 0.2) is 61.1 Å².